The first-order valence-corrected chi connectivity index (χ1v) is 10.2. The van der Waals surface area contributed by atoms with Crippen molar-refractivity contribution in [2.24, 2.45) is 5.92 Å². The molecule has 2 rings (SSSR count). The minimum atomic E-state index is -3.27. The van der Waals surface area contributed by atoms with E-state index >= 15 is 0 Å². The molecule has 0 saturated heterocycles. The van der Waals surface area contributed by atoms with Crippen molar-refractivity contribution in [2.75, 3.05) is 12.3 Å². The van der Waals surface area contributed by atoms with E-state index in [0.717, 1.165) is 19.4 Å². The first-order chi connectivity index (χ1) is 10.0. The fourth-order valence-electron chi connectivity index (χ4n) is 3.18. The molecule has 1 atom stereocenters. The Kier molecular flexibility index (Phi) is 6.26. The van der Waals surface area contributed by atoms with Crippen LogP contribution < -0.4 is 5.32 Å². The van der Waals surface area contributed by atoms with Crippen molar-refractivity contribution in [1.29, 1.82) is 0 Å². The van der Waals surface area contributed by atoms with Gasteiger partial charge in [-0.05, 0) is 53.4 Å². The fraction of sp³-hybridized carbons (Fsp3) is 0.625. The molecule has 21 heavy (non-hydrogen) atoms. The number of hydrogen-bond acceptors (Lipinski definition) is 3. The van der Waals surface area contributed by atoms with Crippen LogP contribution in [0.2, 0.25) is 0 Å². The second kappa shape index (κ2) is 7.75. The zero-order valence-electron chi connectivity index (χ0n) is 12.5. The first-order valence-electron chi connectivity index (χ1n) is 7.75. The average molecular weight is 374 g/mol. The largest absolute Gasteiger partial charge is 0.313 e. The monoisotopic (exact) mass is 373 g/mol. The van der Waals surface area contributed by atoms with Gasteiger partial charge < -0.3 is 5.32 Å². The van der Waals surface area contributed by atoms with Crippen LogP contribution in [0, 0.1) is 5.92 Å². The summed E-state index contributed by atoms with van der Waals surface area (Å²) in [4.78, 5) is 0.406. The first kappa shape index (κ1) is 17.0. The molecule has 0 amide bonds. The number of halogens is 1. The van der Waals surface area contributed by atoms with Crippen molar-refractivity contribution in [3.8, 4) is 0 Å². The number of rotatable bonds is 6. The summed E-state index contributed by atoms with van der Waals surface area (Å²) in [6.07, 6.45) is 6.02. The number of benzene rings is 1. The Balaban J connectivity index is 2.17. The van der Waals surface area contributed by atoms with E-state index < -0.39 is 9.84 Å². The van der Waals surface area contributed by atoms with Gasteiger partial charge >= 0.3 is 0 Å². The van der Waals surface area contributed by atoms with Gasteiger partial charge in [0.1, 0.15) is 0 Å². The van der Waals surface area contributed by atoms with Gasteiger partial charge in [-0.2, -0.15) is 0 Å². The Morgan fingerprint density at radius 1 is 1.24 bits per heavy atom. The standard InChI is InChI=1S/C16H24BrNO2S/c1-2-18-15(13-8-4-3-5-9-13)12-21(19,20)16-11-7-6-10-14(16)17/h6-7,10-11,13,15,18H,2-5,8-9,12H2,1H3. The third kappa shape index (κ3) is 4.54. The molecule has 3 nitrogen and oxygen atoms in total. The normalized spacial score (nSPS) is 18.6. The Morgan fingerprint density at radius 3 is 2.52 bits per heavy atom. The topological polar surface area (TPSA) is 46.2 Å². The molecule has 0 bridgehead atoms. The maximum absolute atomic E-state index is 12.7. The molecule has 1 aromatic carbocycles. The highest BCUT2D eigenvalue weighted by molar-refractivity contribution is 9.10. The summed E-state index contributed by atoms with van der Waals surface area (Å²) in [6.45, 7) is 2.85. The van der Waals surface area contributed by atoms with Gasteiger partial charge in [-0.25, -0.2) is 8.42 Å². The molecule has 1 aromatic rings. The molecular formula is C16H24BrNO2S. The molecule has 5 heteroatoms. The summed E-state index contributed by atoms with van der Waals surface area (Å²) in [5.41, 5.74) is 0. The molecule has 1 N–H and O–H groups in total. The zero-order chi connectivity index (χ0) is 15.3. The van der Waals surface area contributed by atoms with E-state index in [0.29, 0.717) is 15.3 Å². The smallest absolute Gasteiger partial charge is 0.181 e. The molecule has 1 aliphatic rings. The molecule has 0 aliphatic heterocycles. The third-order valence-corrected chi connectivity index (χ3v) is 7.03. The van der Waals surface area contributed by atoms with E-state index in [1.165, 1.54) is 19.3 Å². The summed E-state index contributed by atoms with van der Waals surface area (Å²) in [7, 11) is -3.27. The van der Waals surface area contributed by atoms with Gasteiger partial charge in [0.05, 0.1) is 10.6 Å². The van der Waals surface area contributed by atoms with Crippen molar-refractivity contribution < 1.29 is 8.42 Å². The lowest BCUT2D eigenvalue weighted by Crippen LogP contribution is -2.42. The fourth-order valence-corrected chi connectivity index (χ4v) is 5.90. The number of hydrogen-bond donors (Lipinski definition) is 1. The van der Waals surface area contributed by atoms with Gasteiger partial charge in [-0.15, -0.1) is 0 Å². The lowest BCUT2D eigenvalue weighted by molar-refractivity contribution is 0.285. The van der Waals surface area contributed by atoms with Crippen LogP contribution in [0.25, 0.3) is 0 Å². The van der Waals surface area contributed by atoms with Gasteiger partial charge in [-0.3, -0.25) is 0 Å². The predicted molar refractivity (Wildman–Crippen MR) is 90.2 cm³/mol. The van der Waals surface area contributed by atoms with Gasteiger partial charge in [0, 0.05) is 10.5 Å². The summed E-state index contributed by atoms with van der Waals surface area (Å²) in [5, 5.41) is 3.40. The van der Waals surface area contributed by atoms with Gasteiger partial charge in [0.2, 0.25) is 0 Å². The van der Waals surface area contributed by atoms with Crippen LogP contribution in [0.15, 0.2) is 33.6 Å². The minimum Gasteiger partial charge on any atom is -0.313 e. The average Bonchev–Trinajstić information content (AvgIpc) is 2.48. The highest BCUT2D eigenvalue weighted by atomic mass is 79.9. The summed E-state index contributed by atoms with van der Waals surface area (Å²) in [5.74, 6) is 0.671. The van der Waals surface area contributed by atoms with Crippen molar-refractivity contribution in [3.05, 3.63) is 28.7 Å². The molecule has 1 unspecified atom stereocenters. The Morgan fingerprint density at radius 2 is 1.90 bits per heavy atom. The van der Waals surface area contributed by atoms with Crippen LogP contribution in [0.3, 0.4) is 0 Å². The van der Waals surface area contributed by atoms with E-state index in [2.05, 4.69) is 21.2 Å². The van der Waals surface area contributed by atoms with E-state index in [9.17, 15) is 8.42 Å². The highest BCUT2D eigenvalue weighted by Crippen LogP contribution is 2.29. The maximum atomic E-state index is 12.7. The predicted octanol–water partition coefficient (Wildman–Crippen LogP) is 3.78. The van der Waals surface area contributed by atoms with Gasteiger partial charge in [0.15, 0.2) is 9.84 Å². The van der Waals surface area contributed by atoms with Crippen LogP contribution in [0.4, 0.5) is 0 Å². The van der Waals surface area contributed by atoms with E-state index in [-0.39, 0.29) is 11.8 Å². The molecule has 0 radical (unpaired) electrons. The van der Waals surface area contributed by atoms with Crippen LogP contribution in [0.1, 0.15) is 39.0 Å². The maximum Gasteiger partial charge on any atom is 0.181 e. The van der Waals surface area contributed by atoms with Crippen LogP contribution >= 0.6 is 15.9 Å². The van der Waals surface area contributed by atoms with Crippen LogP contribution in [0.5, 0.6) is 0 Å². The SMILES string of the molecule is CCNC(CS(=O)(=O)c1ccccc1Br)C1CCCCC1. The lowest BCUT2D eigenvalue weighted by atomic mass is 9.84. The Bertz CT molecular complexity index is 553. The zero-order valence-corrected chi connectivity index (χ0v) is 14.9. The number of nitrogens with one attached hydrogen (secondary N) is 1. The second-order valence-electron chi connectivity index (χ2n) is 5.77. The quantitative estimate of drug-likeness (QED) is 0.824. The van der Waals surface area contributed by atoms with Crippen molar-refractivity contribution in [1.82, 2.24) is 5.32 Å². The molecule has 0 aromatic heterocycles. The molecule has 0 heterocycles. The molecule has 118 valence electrons. The van der Waals surface area contributed by atoms with Crippen molar-refractivity contribution in [3.63, 3.8) is 0 Å². The molecular weight excluding hydrogens is 350 g/mol. The summed E-state index contributed by atoms with van der Waals surface area (Å²) >= 11 is 3.36. The van der Waals surface area contributed by atoms with E-state index in [1.54, 1.807) is 18.2 Å². The summed E-state index contributed by atoms with van der Waals surface area (Å²) < 4.78 is 26.1. The molecule has 0 spiro atoms. The Labute approximate surface area is 136 Å². The molecule has 1 aliphatic carbocycles. The van der Waals surface area contributed by atoms with E-state index in [4.69, 9.17) is 0 Å². The van der Waals surface area contributed by atoms with Crippen molar-refractivity contribution in [2.45, 2.75) is 50.0 Å². The van der Waals surface area contributed by atoms with Crippen LogP contribution in [-0.2, 0) is 9.84 Å². The third-order valence-electron chi connectivity index (χ3n) is 4.26. The van der Waals surface area contributed by atoms with Gasteiger partial charge in [0.25, 0.3) is 0 Å². The number of sulfone groups is 1. The summed E-state index contributed by atoms with van der Waals surface area (Å²) in [6, 6.07) is 7.15. The molecule has 1 fully saturated rings. The highest BCUT2D eigenvalue weighted by Gasteiger charge is 2.29. The second-order valence-corrected chi connectivity index (χ2v) is 8.63. The minimum absolute atomic E-state index is 0.0624. The van der Waals surface area contributed by atoms with Gasteiger partial charge in [-0.1, -0.05) is 38.3 Å². The van der Waals surface area contributed by atoms with Crippen molar-refractivity contribution >= 4 is 25.8 Å². The van der Waals surface area contributed by atoms with Crippen LogP contribution in [-0.4, -0.2) is 26.8 Å². The lowest BCUT2D eigenvalue weighted by Gasteiger charge is -2.30. The molecule has 1 saturated carbocycles. The van der Waals surface area contributed by atoms with E-state index in [1.807, 2.05) is 13.0 Å². The Hall–Kier alpha value is -0.390.